The number of methoxy groups -OCH3 is 1. The van der Waals surface area contributed by atoms with Gasteiger partial charge in [-0.2, -0.15) is 0 Å². The Morgan fingerprint density at radius 3 is 2.82 bits per heavy atom. The van der Waals surface area contributed by atoms with Crippen LogP contribution >= 0.6 is 0 Å². The molecule has 9 nitrogen and oxygen atoms in total. The number of anilines is 1. The average molecular weight is 383 g/mol. The van der Waals surface area contributed by atoms with Crippen molar-refractivity contribution in [3.8, 4) is 17.1 Å². The topological polar surface area (TPSA) is 108 Å². The number of carbonyl (C=O) groups excluding carboxylic acids is 1. The van der Waals surface area contributed by atoms with Gasteiger partial charge in [0, 0.05) is 25.5 Å². The lowest BCUT2D eigenvalue weighted by Crippen LogP contribution is -2.34. The van der Waals surface area contributed by atoms with Gasteiger partial charge in [0.2, 0.25) is 11.9 Å². The Labute approximate surface area is 163 Å². The number of ether oxygens (including phenoxy) is 1. The quantitative estimate of drug-likeness (QED) is 0.481. The van der Waals surface area contributed by atoms with E-state index in [1.54, 1.807) is 19.5 Å². The molecule has 0 radical (unpaired) electrons. The monoisotopic (exact) mass is 383 g/mol. The minimum absolute atomic E-state index is 0.0195. The number of likely N-dealkylation sites (N-methyl/N-ethyl adjacent to an activating group) is 1. The third-order valence-corrected chi connectivity index (χ3v) is 4.06. The number of nitrogens with one attached hydrogen (secondary N) is 3. The zero-order valence-corrected chi connectivity index (χ0v) is 16.3. The molecule has 28 heavy (non-hydrogen) atoms. The predicted octanol–water partition coefficient (Wildman–Crippen LogP) is 1.51. The summed E-state index contributed by atoms with van der Waals surface area (Å²) in [5, 5.41) is 6.97. The van der Waals surface area contributed by atoms with Gasteiger partial charge in [0.25, 0.3) is 0 Å². The van der Waals surface area contributed by atoms with E-state index < -0.39 is 0 Å². The van der Waals surface area contributed by atoms with Crippen molar-refractivity contribution in [1.82, 2.24) is 30.2 Å². The van der Waals surface area contributed by atoms with Gasteiger partial charge in [0.15, 0.2) is 0 Å². The minimum atomic E-state index is 0.0195. The Hall–Kier alpha value is -3.20. The van der Waals surface area contributed by atoms with Gasteiger partial charge in [-0.15, -0.1) is 0 Å². The van der Waals surface area contributed by atoms with Crippen LogP contribution in [0, 0.1) is 0 Å². The van der Waals surface area contributed by atoms with Crippen LogP contribution in [-0.4, -0.2) is 71.6 Å². The molecule has 3 N–H and O–H groups in total. The molecule has 0 aliphatic rings. The van der Waals surface area contributed by atoms with E-state index >= 15 is 0 Å². The van der Waals surface area contributed by atoms with Crippen molar-refractivity contribution >= 4 is 22.9 Å². The number of aromatic amines is 1. The average Bonchev–Trinajstić information content (AvgIpc) is 3.12. The molecule has 9 heteroatoms. The molecule has 3 aromatic rings. The number of nitrogens with zero attached hydrogens (tertiary/aromatic N) is 4. The molecule has 0 aromatic carbocycles. The number of carbonyl (C=O) groups is 1. The number of rotatable bonds is 9. The lowest BCUT2D eigenvalue weighted by molar-refractivity contribution is -0.121. The molecule has 148 valence electrons. The summed E-state index contributed by atoms with van der Waals surface area (Å²) in [6.45, 7) is 1.66. The van der Waals surface area contributed by atoms with Crippen molar-refractivity contribution in [3.05, 3.63) is 30.6 Å². The summed E-state index contributed by atoms with van der Waals surface area (Å²) in [4.78, 5) is 29.8. The SMILES string of the molecule is COc1ccnc2[nH]c(-c3ccnc(NCCCNC(=O)CN(C)C)n3)cc12. The number of pyridine rings is 1. The maximum atomic E-state index is 11.6. The molecule has 0 atom stereocenters. The highest BCUT2D eigenvalue weighted by molar-refractivity contribution is 5.87. The van der Waals surface area contributed by atoms with Crippen molar-refractivity contribution in [2.75, 3.05) is 46.2 Å². The van der Waals surface area contributed by atoms with E-state index in [4.69, 9.17) is 4.74 Å². The summed E-state index contributed by atoms with van der Waals surface area (Å²) in [5.41, 5.74) is 2.35. The molecule has 0 bridgehead atoms. The first-order chi connectivity index (χ1) is 13.6. The summed E-state index contributed by atoms with van der Waals surface area (Å²) in [6, 6.07) is 5.63. The van der Waals surface area contributed by atoms with Crippen molar-refractivity contribution in [3.63, 3.8) is 0 Å². The Bertz CT molecular complexity index is 939. The van der Waals surface area contributed by atoms with Gasteiger partial charge >= 0.3 is 0 Å². The van der Waals surface area contributed by atoms with Crippen molar-refractivity contribution < 1.29 is 9.53 Å². The van der Waals surface area contributed by atoms with Crippen LogP contribution < -0.4 is 15.4 Å². The van der Waals surface area contributed by atoms with E-state index in [9.17, 15) is 4.79 Å². The normalized spacial score (nSPS) is 11.0. The Morgan fingerprint density at radius 2 is 2.04 bits per heavy atom. The van der Waals surface area contributed by atoms with E-state index in [-0.39, 0.29) is 5.91 Å². The second-order valence-electron chi connectivity index (χ2n) is 6.59. The molecule has 0 aliphatic heterocycles. The van der Waals surface area contributed by atoms with E-state index in [1.807, 2.05) is 37.2 Å². The van der Waals surface area contributed by atoms with Crippen molar-refractivity contribution in [1.29, 1.82) is 0 Å². The smallest absolute Gasteiger partial charge is 0.234 e. The Morgan fingerprint density at radius 1 is 1.21 bits per heavy atom. The summed E-state index contributed by atoms with van der Waals surface area (Å²) < 4.78 is 5.38. The third-order valence-electron chi connectivity index (χ3n) is 4.06. The van der Waals surface area contributed by atoms with Gasteiger partial charge in [-0.05, 0) is 38.7 Å². The Balaban J connectivity index is 1.58. The van der Waals surface area contributed by atoms with E-state index in [1.165, 1.54) is 0 Å². The molecule has 0 saturated heterocycles. The first-order valence-corrected chi connectivity index (χ1v) is 9.07. The lowest BCUT2D eigenvalue weighted by Gasteiger charge is -2.10. The summed E-state index contributed by atoms with van der Waals surface area (Å²) >= 11 is 0. The molecule has 0 fully saturated rings. The van der Waals surface area contributed by atoms with E-state index in [0.29, 0.717) is 25.6 Å². The number of hydrogen-bond acceptors (Lipinski definition) is 7. The Kier molecular flexibility index (Phi) is 6.38. The van der Waals surface area contributed by atoms with E-state index in [0.717, 1.165) is 34.6 Å². The van der Waals surface area contributed by atoms with Crippen LogP contribution in [0.2, 0.25) is 0 Å². The molecule has 3 heterocycles. The van der Waals surface area contributed by atoms with Crippen LogP contribution in [-0.2, 0) is 4.79 Å². The van der Waals surface area contributed by atoms with Crippen LogP contribution in [0.4, 0.5) is 5.95 Å². The highest BCUT2D eigenvalue weighted by Gasteiger charge is 2.10. The first kappa shape index (κ1) is 19.6. The van der Waals surface area contributed by atoms with Crippen LogP contribution in [0.25, 0.3) is 22.4 Å². The van der Waals surface area contributed by atoms with E-state index in [2.05, 4.69) is 30.6 Å². The maximum Gasteiger partial charge on any atom is 0.234 e. The zero-order valence-electron chi connectivity index (χ0n) is 16.3. The summed E-state index contributed by atoms with van der Waals surface area (Å²) in [7, 11) is 5.37. The molecular weight excluding hydrogens is 358 g/mol. The molecule has 0 unspecified atom stereocenters. The van der Waals surface area contributed by atoms with Crippen molar-refractivity contribution in [2.24, 2.45) is 0 Å². The number of H-pyrrole nitrogens is 1. The van der Waals surface area contributed by atoms with Crippen LogP contribution in [0.3, 0.4) is 0 Å². The van der Waals surface area contributed by atoms with Gasteiger partial charge in [-0.1, -0.05) is 0 Å². The fraction of sp³-hybridized carbons (Fsp3) is 0.368. The van der Waals surface area contributed by atoms with Crippen LogP contribution in [0.15, 0.2) is 30.6 Å². The lowest BCUT2D eigenvalue weighted by atomic mass is 10.2. The summed E-state index contributed by atoms with van der Waals surface area (Å²) in [6.07, 6.45) is 4.19. The number of amides is 1. The second-order valence-corrected chi connectivity index (χ2v) is 6.59. The highest BCUT2D eigenvalue weighted by atomic mass is 16.5. The standard InChI is InChI=1S/C19H25N7O2/c1-26(2)12-17(27)20-7-4-8-22-19-23-9-5-14(25-19)15-11-13-16(28-3)6-10-21-18(13)24-15/h5-6,9-11H,4,7-8,12H2,1-3H3,(H,20,27)(H,21,24)(H,22,23,25). The molecule has 0 aliphatic carbocycles. The van der Waals surface area contributed by atoms with Crippen LogP contribution in [0.5, 0.6) is 5.75 Å². The first-order valence-electron chi connectivity index (χ1n) is 9.07. The molecule has 0 spiro atoms. The zero-order chi connectivity index (χ0) is 19.9. The summed E-state index contributed by atoms with van der Waals surface area (Å²) in [5.74, 6) is 1.32. The molecule has 0 saturated carbocycles. The largest absolute Gasteiger partial charge is 0.496 e. The van der Waals surface area contributed by atoms with Gasteiger partial charge in [-0.25, -0.2) is 15.0 Å². The highest BCUT2D eigenvalue weighted by Crippen LogP contribution is 2.28. The molecule has 3 rings (SSSR count). The number of fused-ring (bicyclic) bond motifs is 1. The van der Waals surface area contributed by atoms with Gasteiger partial charge in [-0.3, -0.25) is 4.79 Å². The number of hydrogen-bond donors (Lipinski definition) is 3. The molecule has 3 aromatic heterocycles. The van der Waals surface area contributed by atoms with Gasteiger partial charge in [0.05, 0.1) is 30.4 Å². The number of aromatic nitrogens is 4. The van der Waals surface area contributed by atoms with Gasteiger partial charge in [0.1, 0.15) is 11.4 Å². The molecular formula is C19H25N7O2. The van der Waals surface area contributed by atoms with Gasteiger partial charge < -0.3 is 25.3 Å². The maximum absolute atomic E-state index is 11.6. The molecule has 1 amide bonds. The third kappa shape index (κ3) is 4.95. The van der Waals surface area contributed by atoms with Crippen molar-refractivity contribution in [2.45, 2.75) is 6.42 Å². The fourth-order valence-corrected chi connectivity index (χ4v) is 2.77. The minimum Gasteiger partial charge on any atom is -0.496 e. The fourth-order valence-electron chi connectivity index (χ4n) is 2.77. The predicted molar refractivity (Wildman–Crippen MR) is 108 cm³/mol. The van der Waals surface area contributed by atoms with Crippen LogP contribution in [0.1, 0.15) is 6.42 Å². The second kappa shape index (κ2) is 9.14.